The Kier molecular flexibility index (Phi) is 3.93. The quantitative estimate of drug-likeness (QED) is 0.394. The molecule has 0 aliphatic heterocycles. The van der Waals surface area contributed by atoms with Crippen molar-refractivity contribution in [2.24, 2.45) is 10.2 Å². The summed E-state index contributed by atoms with van der Waals surface area (Å²) in [4.78, 5) is 26.2. The minimum Gasteiger partial charge on any atom is -0.595 e. The van der Waals surface area contributed by atoms with Crippen molar-refractivity contribution in [3.05, 3.63) is 49.8 Å². The Morgan fingerprint density at radius 2 is 1.95 bits per heavy atom. The second-order valence-corrected chi connectivity index (χ2v) is 4.06. The van der Waals surface area contributed by atoms with Gasteiger partial charge < -0.3 is 10.3 Å². The first-order valence-corrected chi connectivity index (χ1v) is 5.70. The minimum atomic E-state index is -1.12. The molecule has 10 nitrogen and oxygen atoms in total. The van der Waals surface area contributed by atoms with E-state index >= 15 is 0 Å². The fraction of sp³-hybridized carbons (Fsp3) is 0.0909. The van der Waals surface area contributed by atoms with Gasteiger partial charge in [0.15, 0.2) is 5.69 Å². The molecule has 0 amide bonds. The van der Waals surface area contributed by atoms with Crippen LogP contribution in [0.4, 0.5) is 17.1 Å². The highest BCUT2D eigenvalue weighted by atomic mass is 16.8. The van der Waals surface area contributed by atoms with Crippen LogP contribution >= 0.6 is 0 Å². The molecule has 0 aliphatic carbocycles. The van der Waals surface area contributed by atoms with Crippen LogP contribution in [0.15, 0.2) is 38.0 Å². The Morgan fingerprint density at radius 1 is 1.24 bits per heavy atom. The number of nitrogens with one attached hydrogen (secondary N) is 3. The molecule has 0 bridgehead atoms. The average Bonchev–Trinajstić information content (AvgIpc) is 2.38. The van der Waals surface area contributed by atoms with Crippen LogP contribution in [0, 0.1) is 12.1 Å². The van der Waals surface area contributed by atoms with Gasteiger partial charge in [-0.1, -0.05) is 6.07 Å². The van der Waals surface area contributed by atoms with Crippen molar-refractivity contribution in [2.75, 3.05) is 0 Å². The van der Waals surface area contributed by atoms with Crippen molar-refractivity contribution in [3.8, 4) is 5.88 Å². The van der Waals surface area contributed by atoms with E-state index in [2.05, 4.69) is 10.2 Å². The zero-order chi connectivity index (χ0) is 15.6. The van der Waals surface area contributed by atoms with E-state index in [1.165, 1.54) is 25.1 Å². The number of aromatic nitrogens is 2. The van der Waals surface area contributed by atoms with E-state index in [0.717, 1.165) is 0 Å². The molecular weight excluding hydrogens is 282 g/mol. The van der Waals surface area contributed by atoms with Gasteiger partial charge >= 0.3 is 5.69 Å². The molecule has 1 unspecified atom stereocenters. The van der Waals surface area contributed by atoms with Gasteiger partial charge in [0.1, 0.15) is 0 Å². The van der Waals surface area contributed by atoms with Crippen molar-refractivity contribution in [1.82, 2.24) is 9.97 Å². The molecule has 21 heavy (non-hydrogen) atoms. The number of aromatic amines is 2. The number of quaternary nitrogens is 1. The zero-order valence-corrected chi connectivity index (χ0v) is 10.7. The summed E-state index contributed by atoms with van der Waals surface area (Å²) in [6.45, 7) is 1.54. The Hall–Kier alpha value is -2.82. The summed E-state index contributed by atoms with van der Waals surface area (Å²) in [5.74, 6) is -0.723. The molecule has 5 N–H and O–H groups in total. The maximum absolute atomic E-state index is 11.5. The molecule has 0 saturated carbocycles. The van der Waals surface area contributed by atoms with Crippen LogP contribution in [0.5, 0.6) is 5.88 Å². The van der Waals surface area contributed by atoms with Crippen LogP contribution in [-0.4, -0.2) is 20.3 Å². The van der Waals surface area contributed by atoms with E-state index in [1.807, 2.05) is 9.97 Å². The summed E-state index contributed by atoms with van der Waals surface area (Å²) in [7, 11) is 0. The predicted molar refractivity (Wildman–Crippen MR) is 70.5 cm³/mol. The molecule has 0 aliphatic rings. The van der Waals surface area contributed by atoms with Crippen LogP contribution in [-0.2, 0) is 0 Å². The van der Waals surface area contributed by atoms with Gasteiger partial charge in [0.2, 0.25) is 11.6 Å². The molecule has 1 aromatic heterocycles. The Morgan fingerprint density at radius 3 is 2.57 bits per heavy atom. The summed E-state index contributed by atoms with van der Waals surface area (Å²) in [5, 5.41) is 35.6. The van der Waals surface area contributed by atoms with Crippen molar-refractivity contribution in [3.63, 3.8) is 0 Å². The number of H-pyrrole nitrogens is 2. The largest absolute Gasteiger partial charge is 0.595 e. The number of aromatic hydroxyl groups is 1. The van der Waals surface area contributed by atoms with Gasteiger partial charge in [-0.05, 0) is 13.0 Å². The number of hydrogen-bond acceptors (Lipinski definition) is 7. The topological polar surface area (TPSA) is 158 Å². The highest BCUT2D eigenvalue weighted by Gasteiger charge is 2.10. The molecule has 1 atom stereocenters. The zero-order valence-electron chi connectivity index (χ0n) is 10.7. The fourth-order valence-electron chi connectivity index (χ4n) is 1.63. The average molecular weight is 293 g/mol. The van der Waals surface area contributed by atoms with E-state index in [0.29, 0.717) is 5.56 Å². The van der Waals surface area contributed by atoms with Gasteiger partial charge in [0, 0.05) is 11.6 Å². The second-order valence-electron chi connectivity index (χ2n) is 4.06. The summed E-state index contributed by atoms with van der Waals surface area (Å²) in [5.41, 5.74) is -1.64. The Labute approximate surface area is 116 Å². The molecular formula is C11H11N5O5. The van der Waals surface area contributed by atoms with E-state index in [-0.39, 0.29) is 11.4 Å². The summed E-state index contributed by atoms with van der Waals surface area (Å²) in [6.07, 6.45) is 0. The van der Waals surface area contributed by atoms with Gasteiger partial charge in [-0.3, -0.25) is 14.8 Å². The summed E-state index contributed by atoms with van der Waals surface area (Å²) < 4.78 is 0. The number of benzene rings is 1. The summed E-state index contributed by atoms with van der Waals surface area (Å²) in [6, 6.07) is 4.38. The van der Waals surface area contributed by atoms with E-state index in [4.69, 9.17) is 5.21 Å². The summed E-state index contributed by atoms with van der Waals surface area (Å²) >= 11 is 0. The lowest BCUT2D eigenvalue weighted by Gasteiger charge is -2.14. The molecule has 0 spiro atoms. The SMILES string of the molecule is Cc1c(N=Nc2c(O)[nH]c(=O)[nH]c2=O)cccc1[NH+]([O-])O. The Balaban J connectivity index is 2.46. The minimum absolute atomic E-state index is 0.0473. The third kappa shape index (κ3) is 3.02. The lowest BCUT2D eigenvalue weighted by molar-refractivity contribution is -0.991. The fourth-order valence-corrected chi connectivity index (χ4v) is 1.63. The maximum Gasteiger partial charge on any atom is 0.328 e. The van der Waals surface area contributed by atoms with Crippen molar-refractivity contribution in [1.29, 1.82) is 0 Å². The van der Waals surface area contributed by atoms with Gasteiger partial charge in [-0.2, -0.15) is 5.23 Å². The third-order valence-corrected chi connectivity index (χ3v) is 2.69. The normalized spacial score (nSPS) is 12.7. The number of hydrogen-bond donors (Lipinski definition) is 5. The predicted octanol–water partition coefficient (Wildman–Crippen LogP) is -0.104. The third-order valence-electron chi connectivity index (χ3n) is 2.69. The van der Waals surface area contributed by atoms with Gasteiger partial charge in [-0.25, -0.2) is 10.0 Å². The van der Waals surface area contributed by atoms with Crippen molar-refractivity contribution < 1.29 is 15.5 Å². The Bertz CT molecular complexity index is 807. The highest BCUT2D eigenvalue weighted by Crippen LogP contribution is 2.26. The van der Waals surface area contributed by atoms with Crippen LogP contribution in [0.1, 0.15) is 5.56 Å². The lowest BCUT2D eigenvalue weighted by Crippen LogP contribution is -2.99. The van der Waals surface area contributed by atoms with E-state index in [1.54, 1.807) is 0 Å². The monoisotopic (exact) mass is 293 g/mol. The van der Waals surface area contributed by atoms with Crippen LogP contribution in [0.2, 0.25) is 0 Å². The van der Waals surface area contributed by atoms with Crippen LogP contribution < -0.4 is 16.5 Å². The molecule has 2 rings (SSSR count). The van der Waals surface area contributed by atoms with E-state index < -0.39 is 28.0 Å². The van der Waals surface area contributed by atoms with E-state index in [9.17, 15) is 19.9 Å². The van der Waals surface area contributed by atoms with Crippen molar-refractivity contribution >= 4 is 17.1 Å². The van der Waals surface area contributed by atoms with Gasteiger partial charge in [0.05, 0.1) is 5.69 Å². The number of rotatable bonds is 3. The number of azo groups is 1. The van der Waals surface area contributed by atoms with Crippen LogP contribution in [0.3, 0.4) is 0 Å². The van der Waals surface area contributed by atoms with Gasteiger partial charge in [-0.15, -0.1) is 10.2 Å². The molecule has 1 heterocycles. The standard InChI is InChI=1S/C11H11N5O5/c1-5-6(3-2-4-7(5)16(20)21)14-15-8-9(17)12-11(19)13-10(8)18/h2-4,16,20H,1H3,(H3,12,13,17,18,19). The molecule has 2 aromatic rings. The molecule has 0 saturated heterocycles. The van der Waals surface area contributed by atoms with Crippen molar-refractivity contribution in [2.45, 2.75) is 6.92 Å². The molecule has 0 fully saturated rings. The van der Waals surface area contributed by atoms with Crippen LogP contribution in [0.25, 0.3) is 0 Å². The first-order chi connectivity index (χ1) is 9.90. The first kappa shape index (κ1) is 14.6. The molecule has 110 valence electrons. The molecule has 1 aromatic carbocycles. The van der Waals surface area contributed by atoms with Gasteiger partial charge in [0.25, 0.3) is 5.56 Å². The highest BCUT2D eigenvalue weighted by molar-refractivity contribution is 5.56. The molecule has 10 heteroatoms. The maximum atomic E-state index is 11.5. The number of nitrogens with zero attached hydrogens (tertiary/aromatic N) is 2. The first-order valence-electron chi connectivity index (χ1n) is 5.70. The smallest absolute Gasteiger partial charge is 0.328 e. The molecule has 0 radical (unpaired) electrons. The lowest BCUT2D eigenvalue weighted by atomic mass is 10.1. The second kappa shape index (κ2) is 5.66.